The van der Waals surface area contributed by atoms with Gasteiger partial charge in [0, 0.05) is 12.6 Å². The molecule has 2 heterocycles. The highest BCUT2D eigenvalue weighted by molar-refractivity contribution is 9.10. The van der Waals surface area contributed by atoms with Gasteiger partial charge in [-0.3, -0.25) is 4.79 Å². The van der Waals surface area contributed by atoms with E-state index in [1.165, 1.54) is 4.68 Å². The van der Waals surface area contributed by atoms with E-state index >= 15 is 0 Å². The molecule has 1 unspecified atom stereocenters. The van der Waals surface area contributed by atoms with Crippen molar-refractivity contribution in [3.63, 3.8) is 0 Å². The van der Waals surface area contributed by atoms with Gasteiger partial charge < -0.3 is 10.1 Å². The van der Waals surface area contributed by atoms with E-state index in [4.69, 9.17) is 4.74 Å². The molecule has 5 nitrogen and oxygen atoms in total. The predicted octanol–water partition coefficient (Wildman–Crippen LogP) is 2.09. The first-order valence-electron chi connectivity index (χ1n) is 5.87. The van der Waals surface area contributed by atoms with E-state index in [9.17, 15) is 4.79 Å². The Labute approximate surface area is 118 Å². The van der Waals surface area contributed by atoms with Gasteiger partial charge in [-0.15, -0.1) is 0 Å². The van der Waals surface area contributed by atoms with E-state index in [1.54, 1.807) is 13.2 Å². The highest BCUT2D eigenvalue weighted by Gasteiger charge is 2.24. The fourth-order valence-electron chi connectivity index (χ4n) is 2.08. The fraction of sp³-hybridized carbons (Fsp3) is 0.231. The largest absolute Gasteiger partial charge is 0.491 e. The molecule has 19 heavy (non-hydrogen) atoms. The maximum absolute atomic E-state index is 11.8. The van der Waals surface area contributed by atoms with Crippen LogP contribution < -0.4 is 15.6 Å². The molecule has 0 spiro atoms. The van der Waals surface area contributed by atoms with Crippen LogP contribution in [0, 0.1) is 0 Å². The summed E-state index contributed by atoms with van der Waals surface area (Å²) >= 11 is 3.30. The first-order valence-corrected chi connectivity index (χ1v) is 6.66. The number of para-hydroxylation sites is 1. The lowest BCUT2D eigenvalue weighted by atomic mass is 10.1. The number of aryl methyl sites for hydroxylation is 1. The topological polar surface area (TPSA) is 56.1 Å². The first-order chi connectivity index (χ1) is 9.16. The molecule has 1 aliphatic rings. The van der Waals surface area contributed by atoms with E-state index < -0.39 is 0 Å². The van der Waals surface area contributed by atoms with Crippen molar-refractivity contribution < 1.29 is 4.74 Å². The van der Waals surface area contributed by atoms with Crippen LogP contribution in [0.15, 0.2) is 39.7 Å². The molecule has 1 N–H and O–H groups in total. The number of nitrogens with zero attached hydrogens (tertiary/aromatic N) is 2. The van der Waals surface area contributed by atoms with Gasteiger partial charge in [-0.1, -0.05) is 18.2 Å². The van der Waals surface area contributed by atoms with Crippen molar-refractivity contribution in [3.05, 3.63) is 50.9 Å². The standard InChI is InChI=1S/C13H12BrN3O2/c1-17-13(18)12(14)9(6-15-17)16-10-7-19-11-5-3-2-4-8(10)11/h2-6,10,16H,7H2,1H3. The van der Waals surface area contributed by atoms with Gasteiger partial charge in [0.05, 0.1) is 17.9 Å². The van der Waals surface area contributed by atoms with Crippen LogP contribution in [0.5, 0.6) is 5.75 Å². The van der Waals surface area contributed by atoms with Crippen molar-refractivity contribution >= 4 is 21.6 Å². The predicted molar refractivity (Wildman–Crippen MR) is 75.5 cm³/mol. The third-order valence-electron chi connectivity index (χ3n) is 3.11. The summed E-state index contributed by atoms with van der Waals surface area (Å²) in [7, 11) is 1.62. The van der Waals surface area contributed by atoms with Gasteiger partial charge in [0.15, 0.2) is 0 Å². The molecule has 0 saturated carbocycles. The second-order valence-corrected chi connectivity index (χ2v) is 5.14. The van der Waals surface area contributed by atoms with Crippen molar-refractivity contribution in [2.24, 2.45) is 7.05 Å². The molecule has 1 aromatic heterocycles. The number of halogens is 1. The van der Waals surface area contributed by atoms with Gasteiger partial charge in [-0.2, -0.15) is 5.10 Å². The van der Waals surface area contributed by atoms with Crippen LogP contribution in [0.3, 0.4) is 0 Å². The van der Waals surface area contributed by atoms with Crippen molar-refractivity contribution in [1.82, 2.24) is 9.78 Å². The van der Waals surface area contributed by atoms with Crippen LogP contribution in [0.2, 0.25) is 0 Å². The fourth-order valence-corrected chi connectivity index (χ4v) is 2.55. The minimum atomic E-state index is -0.169. The van der Waals surface area contributed by atoms with Gasteiger partial charge in [0.2, 0.25) is 0 Å². The number of rotatable bonds is 2. The normalized spacial score (nSPS) is 16.8. The van der Waals surface area contributed by atoms with Crippen LogP contribution in [0.25, 0.3) is 0 Å². The number of aromatic nitrogens is 2. The monoisotopic (exact) mass is 321 g/mol. The Kier molecular flexibility index (Phi) is 3.02. The second-order valence-electron chi connectivity index (χ2n) is 4.35. The highest BCUT2D eigenvalue weighted by atomic mass is 79.9. The zero-order valence-corrected chi connectivity index (χ0v) is 11.8. The lowest BCUT2D eigenvalue weighted by Crippen LogP contribution is -2.22. The summed E-state index contributed by atoms with van der Waals surface area (Å²) in [4.78, 5) is 11.8. The zero-order valence-electron chi connectivity index (χ0n) is 10.3. The summed E-state index contributed by atoms with van der Waals surface area (Å²) in [6, 6.07) is 7.90. The van der Waals surface area contributed by atoms with Gasteiger partial charge in [-0.25, -0.2) is 4.68 Å². The van der Waals surface area contributed by atoms with E-state index in [2.05, 4.69) is 26.3 Å². The van der Waals surface area contributed by atoms with E-state index in [1.807, 2.05) is 24.3 Å². The minimum Gasteiger partial charge on any atom is -0.491 e. The Morgan fingerprint density at radius 3 is 3.11 bits per heavy atom. The molecule has 1 atom stereocenters. The molecule has 0 aliphatic carbocycles. The third-order valence-corrected chi connectivity index (χ3v) is 3.87. The molecule has 0 fully saturated rings. The summed E-state index contributed by atoms with van der Waals surface area (Å²) in [5.41, 5.74) is 1.60. The van der Waals surface area contributed by atoms with Crippen LogP contribution in [-0.2, 0) is 7.05 Å². The number of ether oxygens (including phenoxy) is 1. The molecule has 2 aromatic rings. The number of benzene rings is 1. The van der Waals surface area contributed by atoms with Crippen molar-refractivity contribution in [3.8, 4) is 5.75 Å². The first kappa shape index (κ1) is 12.2. The number of nitrogens with one attached hydrogen (secondary N) is 1. The molecule has 98 valence electrons. The van der Waals surface area contributed by atoms with Crippen LogP contribution in [0.1, 0.15) is 11.6 Å². The summed E-state index contributed by atoms with van der Waals surface area (Å²) in [6.07, 6.45) is 1.63. The lowest BCUT2D eigenvalue weighted by molar-refractivity contribution is 0.339. The quantitative estimate of drug-likeness (QED) is 0.920. The van der Waals surface area contributed by atoms with Crippen LogP contribution in [-0.4, -0.2) is 16.4 Å². The second kappa shape index (κ2) is 4.70. The molecule has 0 amide bonds. The molecule has 0 saturated heterocycles. The van der Waals surface area contributed by atoms with Gasteiger partial charge in [0.1, 0.15) is 16.8 Å². The molecule has 0 bridgehead atoms. The molecular weight excluding hydrogens is 310 g/mol. The van der Waals surface area contributed by atoms with Crippen molar-refractivity contribution in [1.29, 1.82) is 0 Å². The third kappa shape index (κ3) is 2.12. The molecule has 3 rings (SSSR count). The van der Waals surface area contributed by atoms with E-state index in [0.717, 1.165) is 11.3 Å². The Balaban J connectivity index is 1.92. The SMILES string of the molecule is Cn1ncc(NC2COc3ccccc32)c(Br)c1=O. The molecule has 1 aliphatic heterocycles. The van der Waals surface area contributed by atoms with Crippen molar-refractivity contribution in [2.45, 2.75) is 6.04 Å². The Morgan fingerprint density at radius 2 is 2.26 bits per heavy atom. The number of anilines is 1. The maximum atomic E-state index is 11.8. The average molecular weight is 322 g/mol. The molecule has 0 radical (unpaired) electrons. The van der Waals surface area contributed by atoms with Gasteiger partial charge in [-0.05, 0) is 22.0 Å². The Hall–Kier alpha value is -1.82. The Morgan fingerprint density at radius 1 is 1.47 bits per heavy atom. The summed E-state index contributed by atoms with van der Waals surface area (Å²) < 4.78 is 7.36. The average Bonchev–Trinajstić information content (AvgIpc) is 2.83. The molecule has 1 aromatic carbocycles. The van der Waals surface area contributed by atoms with Gasteiger partial charge in [0.25, 0.3) is 5.56 Å². The number of fused-ring (bicyclic) bond motifs is 1. The highest BCUT2D eigenvalue weighted by Crippen LogP contribution is 2.34. The van der Waals surface area contributed by atoms with Crippen LogP contribution in [0.4, 0.5) is 5.69 Å². The lowest BCUT2D eigenvalue weighted by Gasteiger charge is -2.14. The number of hydrogen-bond acceptors (Lipinski definition) is 4. The maximum Gasteiger partial charge on any atom is 0.282 e. The molecule has 6 heteroatoms. The van der Waals surface area contributed by atoms with E-state index in [0.29, 0.717) is 16.8 Å². The smallest absolute Gasteiger partial charge is 0.282 e. The van der Waals surface area contributed by atoms with Crippen molar-refractivity contribution in [2.75, 3.05) is 11.9 Å². The number of hydrogen-bond donors (Lipinski definition) is 1. The van der Waals surface area contributed by atoms with E-state index in [-0.39, 0.29) is 11.6 Å². The molecular formula is C13H12BrN3O2. The summed E-state index contributed by atoms with van der Waals surface area (Å²) in [5.74, 6) is 0.882. The Bertz CT molecular complexity index is 684. The zero-order chi connectivity index (χ0) is 13.4. The van der Waals surface area contributed by atoms with Crippen LogP contribution >= 0.6 is 15.9 Å². The minimum absolute atomic E-state index is 0.0291. The summed E-state index contributed by atoms with van der Waals surface area (Å²) in [5, 5.41) is 7.29. The van der Waals surface area contributed by atoms with Gasteiger partial charge >= 0.3 is 0 Å². The summed E-state index contributed by atoms with van der Waals surface area (Å²) in [6.45, 7) is 0.543.